The molecule has 0 radical (unpaired) electrons. The van der Waals surface area contributed by atoms with Crippen LogP contribution < -0.4 is 5.73 Å². The van der Waals surface area contributed by atoms with Crippen molar-refractivity contribution in [2.45, 2.75) is 26.7 Å². The summed E-state index contributed by atoms with van der Waals surface area (Å²) >= 11 is 0. The van der Waals surface area contributed by atoms with Crippen LogP contribution in [0.5, 0.6) is 0 Å². The lowest BCUT2D eigenvalue weighted by Gasteiger charge is -2.33. The highest BCUT2D eigenvalue weighted by Crippen LogP contribution is 2.16. The van der Waals surface area contributed by atoms with Crippen LogP contribution in [0.2, 0.25) is 0 Å². The largest absolute Gasteiger partial charge is 0.466 e. The average molecular weight is 228 g/mol. The van der Waals surface area contributed by atoms with E-state index >= 15 is 0 Å². The molecule has 0 bridgehead atoms. The van der Waals surface area contributed by atoms with Gasteiger partial charge in [0.25, 0.3) is 0 Å². The Balaban J connectivity index is 2.32. The first-order chi connectivity index (χ1) is 7.67. The van der Waals surface area contributed by atoms with Gasteiger partial charge in [-0.2, -0.15) is 0 Å². The van der Waals surface area contributed by atoms with Crippen LogP contribution in [0, 0.1) is 11.8 Å². The molecule has 1 aliphatic heterocycles. The molecule has 1 heterocycles. The van der Waals surface area contributed by atoms with E-state index in [2.05, 4.69) is 4.90 Å². The fourth-order valence-electron chi connectivity index (χ4n) is 2.26. The number of piperidine rings is 1. The molecule has 0 aromatic heterocycles. The summed E-state index contributed by atoms with van der Waals surface area (Å²) in [5, 5.41) is 0. The van der Waals surface area contributed by atoms with Crippen LogP contribution in [0.15, 0.2) is 0 Å². The van der Waals surface area contributed by atoms with Crippen molar-refractivity contribution in [1.29, 1.82) is 0 Å². The zero-order valence-electron chi connectivity index (χ0n) is 10.4. The van der Waals surface area contributed by atoms with Gasteiger partial charge in [0.15, 0.2) is 0 Å². The second-order valence-electron chi connectivity index (χ2n) is 4.66. The van der Waals surface area contributed by atoms with Crippen LogP contribution in [-0.4, -0.2) is 43.7 Å². The molecule has 0 amide bonds. The Hall–Kier alpha value is -0.610. The van der Waals surface area contributed by atoms with Crippen molar-refractivity contribution in [3.05, 3.63) is 0 Å². The van der Waals surface area contributed by atoms with E-state index in [0.717, 1.165) is 26.2 Å². The fraction of sp³-hybridized carbons (Fsp3) is 0.917. The molecule has 0 saturated carbocycles. The molecule has 16 heavy (non-hydrogen) atoms. The topological polar surface area (TPSA) is 55.6 Å². The molecule has 0 aromatic carbocycles. The number of esters is 1. The van der Waals surface area contributed by atoms with Gasteiger partial charge in [0.2, 0.25) is 0 Å². The molecule has 1 saturated heterocycles. The summed E-state index contributed by atoms with van der Waals surface area (Å²) in [5.41, 5.74) is 5.69. The smallest absolute Gasteiger partial charge is 0.309 e. The monoisotopic (exact) mass is 228 g/mol. The van der Waals surface area contributed by atoms with E-state index in [0.29, 0.717) is 12.5 Å². The first-order valence-corrected chi connectivity index (χ1v) is 6.26. The van der Waals surface area contributed by atoms with Crippen LogP contribution in [0.4, 0.5) is 0 Å². The first-order valence-electron chi connectivity index (χ1n) is 6.26. The Kier molecular flexibility index (Phi) is 5.77. The molecule has 2 unspecified atom stereocenters. The van der Waals surface area contributed by atoms with Crippen molar-refractivity contribution >= 4 is 5.97 Å². The normalized spacial score (nSPS) is 24.1. The lowest BCUT2D eigenvalue weighted by atomic mass is 9.97. The van der Waals surface area contributed by atoms with Crippen LogP contribution in [0.25, 0.3) is 0 Å². The van der Waals surface area contributed by atoms with E-state index in [4.69, 9.17) is 10.5 Å². The summed E-state index contributed by atoms with van der Waals surface area (Å²) in [6, 6.07) is 0. The average Bonchev–Trinajstić information content (AvgIpc) is 2.29. The van der Waals surface area contributed by atoms with Gasteiger partial charge in [0.1, 0.15) is 0 Å². The minimum atomic E-state index is -0.0858. The molecule has 1 aliphatic rings. The van der Waals surface area contributed by atoms with Gasteiger partial charge in [0, 0.05) is 13.1 Å². The van der Waals surface area contributed by atoms with Gasteiger partial charge in [-0.15, -0.1) is 0 Å². The van der Waals surface area contributed by atoms with Crippen LogP contribution in [0.1, 0.15) is 26.7 Å². The molecule has 0 aliphatic carbocycles. The third-order valence-electron chi connectivity index (χ3n) is 3.16. The highest BCUT2D eigenvalue weighted by molar-refractivity contribution is 5.72. The number of hydrogen-bond acceptors (Lipinski definition) is 4. The van der Waals surface area contributed by atoms with Crippen molar-refractivity contribution in [3.63, 3.8) is 0 Å². The van der Waals surface area contributed by atoms with Crippen molar-refractivity contribution < 1.29 is 9.53 Å². The highest BCUT2D eigenvalue weighted by Gasteiger charge is 2.23. The summed E-state index contributed by atoms with van der Waals surface area (Å²) in [4.78, 5) is 13.8. The molecule has 1 rings (SSSR count). The lowest BCUT2D eigenvalue weighted by molar-refractivity contribution is -0.148. The van der Waals surface area contributed by atoms with E-state index < -0.39 is 0 Å². The zero-order chi connectivity index (χ0) is 12.0. The molecule has 0 spiro atoms. The first kappa shape index (κ1) is 13.5. The second kappa shape index (κ2) is 6.86. The number of hydrogen-bond donors (Lipinski definition) is 1. The molecule has 1 fully saturated rings. The highest BCUT2D eigenvalue weighted by atomic mass is 16.5. The molecular weight excluding hydrogens is 204 g/mol. The predicted molar refractivity (Wildman–Crippen MR) is 64.0 cm³/mol. The third-order valence-corrected chi connectivity index (χ3v) is 3.16. The number of nitrogens with zero attached hydrogens (tertiary/aromatic N) is 1. The number of carbonyl (C=O) groups is 1. The minimum absolute atomic E-state index is 0.0310. The van der Waals surface area contributed by atoms with E-state index in [9.17, 15) is 4.79 Å². The van der Waals surface area contributed by atoms with Gasteiger partial charge in [-0.1, -0.05) is 6.92 Å². The van der Waals surface area contributed by atoms with E-state index in [1.807, 2.05) is 13.8 Å². The minimum Gasteiger partial charge on any atom is -0.466 e. The Labute approximate surface area is 98.1 Å². The van der Waals surface area contributed by atoms with Crippen molar-refractivity contribution in [2.24, 2.45) is 17.6 Å². The second-order valence-corrected chi connectivity index (χ2v) is 4.66. The summed E-state index contributed by atoms with van der Waals surface area (Å²) in [7, 11) is 0. The summed E-state index contributed by atoms with van der Waals surface area (Å²) < 4.78 is 5.01. The molecule has 2 atom stereocenters. The molecule has 4 heteroatoms. The quantitative estimate of drug-likeness (QED) is 0.709. The summed E-state index contributed by atoms with van der Waals surface area (Å²) in [6.45, 7) is 7.91. The van der Waals surface area contributed by atoms with Crippen LogP contribution in [-0.2, 0) is 9.53 Å². The molecular formula is C12H24N2O2. The van der Waals surface area contributed by atoms with Crippen molar-refractivity contribution in [1.82, 2.24) is 4.90 Å². The maximum Gasteiger partial charge on any atom is 0.309 e. The SMILES string of the molecule is CCOC(=O)C(C)CN1CCCC(CN)C1. The standard InChI is InChI=1S/C12H24N2O2/c1-3-16-12(15)10(2)8-14-6-4-5-11(7-13)9-14/h10-11H,3-9,13H2,1-2H3. The fourth-order valence-corrected chi connectivity index (χ4v) is 2.26. The molecule has 0 aromatic rings. The molecule has 2 N–H and O–H groups in total. The maximum atomic E-state index is 11.5. The number of nitrogens with two attached hydrogens (primary N) is 1. The number of ether oxygens (including phenoxy) is 1. The van der Waals surface area contributed by atoms with Crippen LogP contribution >= 0.6 is 0 Å². The molecule has 94 valence electrons. The van der Waals surface area contributed by atoms with Crippen molar-refractivity contribution in [2.75, 3.05) is 32.8 Å². The van der Waals surface area contributed by atoms with Gasteiger partial charge < -0.3 is 15.4 Å². The van der Waals surface area contributed by atoms with Gasteiger partial charge in [-0.3, -0.25) is 4.79 Å². The lowest BCUT2D eigenvalue weighted by Crippen LogP contribution is -2.41. The summed E-state index contributed by atoms with van der Waals surface area (Å²) in [5.74, 6) is 0.483. The summed E-state index contributed by atoms with van der Waals surface area (Å²) in [6.07, 6.45) is 2.41. The van der Waals surface area contributed by atoms with Crippen molar-refractivity contribution in [3.8, 4) is 0 Å². The number of carbonyl (C=O) groups excluding carboxylic acids is 1. The van der Waals surface area contributed by atoms with E-state index in [1.165, 1.54) is 12.8 Å². The van der Waals surface area contributed by atoms with Gasteiger partial charge >= 0.3 is 5.97 Å². The van der Waals surface area contributed by atoms with Crippen LogP contribution in [0.3, 0.4) is 0 Å². The Morgan fingerprint density at radius 2 is 2.38 bits per heavy atom. The number of likely N-dealkylation sites (tertiary alicyclic amines) is 1. The van der Waals surface area contributed by atoms with Gasteiger partial charge in [-0.05, 0) is 38.8 Å². The predicted octanol–water partition coefficient (Wildman–Crippen LogP) is 0.856. The van der Waals surface area contributed by atoms with Gasteiger partial charge in [-0.25, -0.2) is 0 Å². The van der Waals surface area contributed by atoms with E-state index in [-0.39, 0.29) is 11.9 Å². The Morgan fingerprint density at radius 1 is 1.62 bits per heavy atom. The third kappa shape index (κ3) is 4.10. The maximum absolute atomic E-state index is 11.5. The Morgan fingerprint density at radius 3 is 3.00 bits per heavy atom. The zero-order valence-corrected chi connectivity index (χ0v) is 10.4. The van der Waals surface area contributed by atoms with E-state index in [1.54, 1.807) is 0 Å². The number of rotatable bonds is 5. The Bertz CT molecular complexity index is 221. The molecule has 4 nitrogen and oxygen atoms in total. The van der Waals surface area contributed by atoms with Gasteiger partial charge in [0.05, 0.1) is 12.5 Å².